The summed E-state index contributed by atoms with van der Waals surface area (Å²) >= 11 is 0. The predicted molar refractivity (Wildman–Crippen MR) is 136 cm³/mol. The summed E-state index contributed by atoms with van der Waals surface area (Å²) in [7, 11) is 0. The maximum atomic E-state index is 14.0. The highest BCUT2D eigenvalue weighted by Gasteiger charge is 2.22. The van der Waals surface area contributed by atoms with Crippen LogP contribution in [0.4, 0.5) is 4.39 Å². The number of benzene rings is 2. The standard InChI is InChI=1S/C29H36FN3O2/c1-2-3-14-33-26(17-31-29(33)24-10-7-11-25(30)16-24)20-32(18-22-8-5-4-6-9-22)19-23-12-13-27-28(15-23)35-21-34-27/h7,10-13,15-17,22H,2-6,8-9,14,18-21H2,1H3. The molecule has 0 radical (unpaired) electrons. The van der Waals surface area contributed by atoms with Crippen molar-refractivity contribution in [2.24, 2.45) is 5.92 Å². The van der Waals surface area contributed by atoms with Gasteiger partial charge in [0.15, 0.2) is 11.5 Å². The molecule has 0 spiro atoms. The molecule has 0 amide bonds. The van der Waals surface area contributed by atoms with Gasteiger partial charge in [0, 0.05) is 31.7 Å². The summed E-state index contributed by atoms with van der Waals surface area (Å²) in [6.45, 7) is 6.12. The number of aromatic nitrogens is 2. The smallest absolute Gasteiger partial charge is 0.231 e. The van der Waals surface area contributed by atoms with Crippen LogP contribution < -0.4 is 9.47 Å². The first-order valence-electron chi connectivity index (χ1n) is 13.1. The molecule has 1 saturated carbocycles. The maximum Gasteiger partial charge on any atom is 0.231 e. The molecule has 5 nitrogen and oxygen atoms in total. The molecule has 1 fully saturated rings. The van der Waals surface area contributed by atoms with Crippen molar-refractivity contribution in [2.45, 2.75) is 71.5 Å². The maximum absolute atomic E-state index is 14.0. The average Bonchev–Trinajstić information content (AvgIpc) is 3.50. The zero-order valence-corrected chi connectivity index (χ0v) is 20.7. The van der Waals surface area contributed by atoms with Crippen molar-refractivity contribution in [3.63, 3.8) is 0 Å². The van der Waals surface area contributed by atoms with Crippen LogP contribution in [0.5, 0.6) is 11.5 Å². The van der Waals surface area contributed by atoms with Crippen molar-refractivity contribution < 1.29 is 13.9 Å². The Kier molecular flexibility index (Phi) is 7.67. The molecular formula is C29H36FN3O2. The molecule has 6 heteroatoms. The molecule has 35 heavy (non-hydrogen) atoms. The topological polar surface area (TPSA) is 39.5 Å². The molecule has 0 bridgehead atoms. The summed E-state index contributed by atoms with van der Waals surface area (Å²) < 4.78 is 27.4. The Hall–Kier alpha value is -2.86. The van der Waals surface area contributed by atoms with Crippen molar-refractivity contribution in [2.75, 3.05) is 13.3 Å². The highest BCUT2D eigenvalue weighted by molar-refractivity contribution is 5.56. The van der Waals surface area contributed by atoms with Crippen molar-refractivity contribution in [3.05, 3.63) is 65.7 Å². The monoisotopic (exact) mass is 477 g/mol. The van der Waals surface area contributed by atoms with Crippen molar-refractivity contribution in [1.29, 1.82) is 0 Å². The number of halogens is 1. The first-order valence-corrected chi connectivity index (χ1v) is 13.1. The lowest BCUT2D eigenvalue weighted by Gasteiger charge is -2.30. The highest BCUT2D eigenvalue weighted by Crippen LogP contribution is 2.33. The number of nitrogens with zero attached hydrogens (tertiary/aromatic N) is 3. The van der Waals surface area contributed by atoms with Gasteiger partial charge in [-0.25, -0.2) is 9.37 Å². The van der Waals surface area contributed by atoms with Crippen LogP contribution in [-0.2, 0) is 19.6 Å². The second-order valence-electron chi connectivity index (χ2n) is 9.95. The van der Waals surface area contributed by atoms with Gasteiger partial charge in [0.1, 0.15) is 11.6 Å². The van der Waals surface area contributed by atoms with Gasteiger partial charge < -0.3 is 14.0 Å². The van der Waals surface area contributed by atoms with Crippen LogP contribution in [-0.4, -0.2) is 27.8 Å². The number of rotatable bonds is 10. The fourth-order valence-corrected chi connectivity index (χ4v) is 5.41. The Morgan fingerprint density at radius 2 is 1.89 bits per heavy atom. The molecule has 2 heterocycles. The second-order valence-corrected chi connectivity index (χ2v) is 9.95. The largest absolute Gasteiger partial charge is 0.454 e. The van der Waals surface area contributed by atoms with Gasteiger partial charge in [0.05, 0.1) is 11.9 Å². The van der Waals surface area contributed by atoms with Crippen LogP contribution in [0.25, 0.3) is 11.4 Å². The zero-order chi connectivity index (χ0) is 24.0. The van der Waals surface area contributed by atoms with E-state index in [0.717, 1.165) is 67.8 Å². The average molecular weight is 478 g/mol. The van der Waals surface area contributed by atoms with Gasteiger partial charge in [-0.3, -0.25) is 4.90 Å². The normalized spacial score (nSPS) is 15.7. The first kappa shape index (κ1) is 23.9. The zero-order valence-electron chi connectivity index (χ0n) is 20.7. The molecule has 1 aliphatic heterocycles. The van der Waals surface area contributed by atoms with Gasteiger partial charge in [0.25, 0.3) is 0 Å². The van der Waals surface area contributed by atoms with E-state index < -0.39 is 0 Å². The lowest BCUT2D eigenvalue weighted by Crippen LogP contribution is -2.31. The van der Waals surface area contributed by atoms with E-state index in [-0.39, 0.29) is 5.82 Å². The molecule has 0 unspecified atom stereocenters. The summed E-state index contributed by atoms with van der Waals surface area (Å²) in [6, 6.07) is 13.1. The first-order chi connectivity index (χ1) is 17.2. The van der Waals surface area contributed by atoms with Crippen LogP contribution in [0.2, 0.25) is 0 Å². The minimum atomic E-state index is -0.226. The third-order valence-electron chi connectivity index (χ3n) is 7.23. The number of imidazole rings is 1. The molecule has 0 saturated heterocycles. The Morgan fingerprint density at radius 1 is 1.03 bits per heavy atom. The number of ether oxygens (including phenoxy) is 2. The summed E-state index contributed by atoms with van der Waals surface area (Å²) in [6.07, 6.45) is 10.8. The van der Waals surface area contributed by atoms with Crippen molar-refractivity contribution in [1.82, 2.24) is 14.5 Å². The van der Waals surface area contributed by atoms with E-state index in [2.05, 4.69) is 28.5 Å². The molecular weight excluding hydrogens is 441 g/mol. The molecule has 186 valence electrons. The number of unbranched alkanes of at least 4 members (excludes halogenated alkanes) is 1. The Morgan fingerprint density at radius 3 is 2.71 bits per heavy atom. The van der Waals surface area contributed by atoms with Crippen LogP contribution in [0.1, 0.15) is 63.1 Å². The van der Waals surface area contributed by atoms with E-state index in [1.165, 1.54) is 49.4 Å². The summed E-state index contributed by atoms with van der Waals surface area (Å²) in [5.74, 6) is 3.02. The molecule has 5 rings (SSSR count). The van der Waals surface area contributed by atoms with Gasteiger partial charge in [-0.1, -0.05) is 50.8 Å². The lowest BCUT2D eigenvalue weighted by molar-refractivity contribution is 0.173. The molecule has 1 aliphatic carbocycles. The molecule has 2 aromatic carbocycles. The quantitative estimate of drug-likeness (QED) is 0.322. The van der Waals surface area contributed by atoms with Gasteiger partial charge in [-0.05, 0) is 55.0 Å². The van der Waals surface area contributed by atoms with Crippen LogP contribution in [0.15, 0.2) is 48.7 Å². The Bertz CT molecular complexity index is 1120. The van der Waals surface area contributed by atoms with Gasteiger partial charge in [-0.15, -0.1) is 0 Å². The van der Waals surface area contributed by atoms with E-state index in [0.29, 0.717) is 6.79 Å². The fourth-order valence-electron chi connectivity index (χ4n) is 5.41. The Labute approximate surface area is 207 Å². The number of fused-ring (bicyclic) bond motifs is 1. The molecule has 3 aromatic rings. The second kappa shape index (κ2) is 11.3. The van der Waals surface area contributed by atoms with Crippen LogP contribution >= 0.6 is 0 Å². The van der Waals surface area contributed by atoms with Gasteiger partial charge >= 0.3 is 0 Å². The van der Waals surface area contributed by atoms with E-state index in [1.807, 2.05) is 18.3 Å². The van der Waals surface area contributed by atoms with Crippen molar-refractivity contribution >= 4 is 0 Å². The summed E-state index contributed by atoms with van der Waals surface area (Å²) in [5.41, 5.74) is 3.26. The third-order valence-corrected chi connectivity index (χ3v) is 7.23. The lowest BCUT2D eigenvalue weighted by atomic mass is 9.89. The fraction of sp³-hybridized carbons (Fsp3) is 0.483. The highest BCUT2D eigenvalue weighted by atomic mass is 19.1. The SMILES string of the molecule is CCCCn1c(CN(Cc2ccc3c(c2)OCO3)CC2CCCCC2)cnc1-c1cccc(F)c1. The van der Waals surface area contributed by atoms with E-state index in [4.69, 9.17) is 14.5 Å². The minimum absolute atomic E-state index is 0.226. The van der Waals surface area contributed by atoms with Crippen molar-refractivity contribution in [3.8, 4) is 22.9 Å². The van der Waals surface area contributed by atoms with Crippen LogP contribution in [0.3, 0.4) is 0 Å². The molecule has 0 N–H and O–H groups in total. The Balaban J connectivity index is 1.41. The molecule has 1 aromatic heterocycles. The molecule has 0 atom stereocenters. The molecule has 2 aliphatic rings. The number of hydrogen-bond donors (Lipinski definition) is 0. The van der Waals surface area contributed by atoms with Gasteiger partial charge in [-0.2, -0.15) is 0 Å². The summed E-state index contributed by atoms with van der Waals surface area (Å²) in [4.78, 5) is 7.33. The van der Waals surface area contributed by atoms with Gasteiger partial charge in [0.2, 0.25) is 6.79 Å². The third kappa shape index (κ3) is 5.87. The van der Waals surface area contributed by atoms with Crippen LogP contribution in [0, 0.1) is 11.7 Å². The van der Waals surface area contributed by atoms with E-state index in [1.54, 1.807) is 12.1 Å². The number of hydrogen-bond acceptors (Lipinski definition) is 4. The summed E-state index contributed by atoms with van der Waals surface area (Å²) in [5, 5.41) is 0. The van der Waals surface area contributed by atoms with E-state index in [9.17, 15) is 4.39 Å². The van der Waals surface area contributed by atoms with E-state index >= 15 is 0 Å². The predicted octanol–water partition coefficient (Wildman–Crippen LogP) is 6.80. The minimum Gasteiger partial charge on any atom is -0.454 e.